The molecular formula is C26H34N4O7S. The molecule has 0 spiro atoms. The maximum Gasteiger partial charge on any atom is 0.243 e. The summed E-state index contributed by atoms with van der Waals surface area (Å²) in [5.41, 5.74) is 1.21. The Bertz CT molecular complexity index is 1260. The fraction of sp³-hybridized carbons (Fsp3) is 0.423. The van der Waals surface area contributed by atoms with E-state index >= 15 is 0 Å². The summed E-state index contributed by atoms with van der Waals surface area (Å²) in [6.45, 7) is 3.18. The highest BCUT2D eigenvalue weighted by Gasteiger charge is 2.31. The molecule has 2 aromatic carbocycles. The molecule has 206 valence electrons. The van der Waals surface area contributed by atoms with E-state index in [9.17, 15) is 22.8 Å². The molecule has 0 saturated carbocycles. The molecule has 0 aliphatic carbocycles. The standard InChI is InChI=1S/C26H34N4O7S/c1-17(31)27-20-5-8-23(9-6-20)38(34,35)30-13-11-21(12-14-30)29-26(33)24(28-18(2)32)16-19-15-22(36-3)7-10-25(19)37-4/h5-10,15,21,24H,11-14,16H2,1-4H3,(H,27,31)(H,28,32)(H,29,33)/t24-/m1/s1. The zero-order chi connectivity index (χ0) is 27.9. The van der Waals surface area contributed by atoms with Gasteiger partial charge in [0.2, 0.25) is 27.7 Å². The lowest BCUT2D eigenvalue weighted by molar-refractivity contribution is -0.128. The minimum atomic E-state index is -3.72. The van der Waals surface area contributed by atoms with Gasteiger partial charge in [0.05, 0.1) is 19.1 Å². The highest BCUT2D eigenvalue weighted by Crippen LogP contribution is 2.26. The van der Waals surface area contributed by atoms with Crippen molar-refractivity contribution in [3.63, 3.8) is 0 Å². The Balaban J connectivity index is 1.63. The summed E-state index contributed by atoms with van der Waals surface area (Å²) in [4.78, 5) is 36.3. The molecule has 0 radical (unpaired) electrons. The molecule has 11 nitrogen and oxygen atoms in total. The number of carbonyl (C=O) groups is 3. The molecule has 1 aliphatic heterocycles. The summed E-state index contributed by atoms with van der Waals surface area (Å²) in [5.74, 6) is 0.212. The predicted octanol–water partition coefficient (Wildman–Crippen LogP) is 1.68. The van der Waals surface area contributed by atoms with Gasteiger partial charge in [-0.3, -0.25) is 14.4 Å². The molecule has 1 aliphatic rings. The highest BCUT2D eigenvalue weighted by molar-refractivity contribution is 7.89. The number of nitrogens with one attached hydrogen (secondary N) is 3. The number of hydrogen-bond acceptors (Lipinski definition) is 7. The van der Waals surface area contributed by atoms with E-state index in [0.29, 0.717) is 35.6 Å². The Kier molecular flexibility index (Phi) is 9.70. The van der Waals surface area contributed by atoms with Gasteiger partial charge in [-0.25, -0.2) is 8.42 Å². The predicted molar refractivity (Wildman–Crippen MR) is 142 cm³/mol. The smallest absolute Gasteiger partial charge is 0.243 e. The Hall–Kier alpha value is -3.64. The number of methoxy groups -OCH3 is 2. The molecule has 1 heterocycles. The number of carbonyl (C=O) groups excluding carboxylic acids is 3. The Labute approximate surface area is 222 Å². The molecule has 0 unspecified atom stereocenters. The first-order chi connectivity index (χ1) is 18.0. The second-order valence-electron chi connectivity index (χ2n) is 9.03. The zero-order valence-corrected chi connectivity index (χ0v) is 22.8. The van der Waals surface area contributed by atoms with Crippen molar-refractivity contribution >= 4 is 33.4 Å². The first-order valence-corrected chi connectivity index (χ1v) is 13.6. The van der Waals surface area contributed by atoms with Crippen LogP contribution < -0.4 is 25.4 Å². The van der Waals surface area contributed by atoms with Crippen molar-refractivity contribution in [3.05, 3.63) is 48.0 Å². The number of rotatable bonds is 10. The van der Waals surface area contributed by atoms with E-state index < -0.39 is 16.1 Å². The van der Waals surface area contributed by atoms with E-state index in [-0.39, 0.29) is 48.2 Å². The van der Waals surface area contributed by atoms with Crippen LogP contribution in [-0.4, -0.2) is 69.8 Å². The molecule has 1 atom stereocenters. The number of ether oxygens (including phenoxy) is 2. The molecule has 3 N–H and O–H groups in total. The van der Waals surface area contributed by atoms with Crippen molar-refractivity contribution in [3.8, 4) is 11.5 Å². The lowest BCUT2D eigenvalue weighted by Gasteiger charge is -2.32. The number of sulfonamides is 1. The molecular weight excluding hydrogens is 512 g/mol. The lowest BCUT2D eigenvalue weighted by Crippen LogP contribution is -2.53. The van der Waals surface area contributed by atoms with Crippen LogP contribution in [0.1, 0.15) is 32.3 Å². The van der Waals surface area contributed by atoms with Crippen molar-refractivity contribution in [1.29, 1.82) is 0 Å². The first-order valence-electron chi connectivity index (χ1n) is 12.2. The molecule has 0 bridgehead atoms. The Morgan fingerprint density at radius 1 is 0.974 bits per heavy atom. The number of benzene rings is 2. The van der Waals surface area contributed by atoms with E-state index in [1.807, 2.05) is 0 Å². The molecule has 3 rings (SSSR count). The minimum Gasteiger partial charge on any atom is -0.497 e. The Morgan fingerprint density at radius 2 is 1.63 bits per heavy atom. The van der Waals surface area contributed by atoms with Crippen molar-refractivity contribution in [1.82, 2.24) is 14.9 Å². The topological polar surface area (TPSA) is 143 Å². The number of nitrogens with zero attached hydrogens (tertiary/aromatic N) is 1. The summed E-state index contributed by atoms with van der Waals surface area (Å²) in [5, 5.41) is 8.27. The van der Waals surface area contributed by atoms with Crippen LogP contribution in [0.2, 0.25) is 0 Å². The van der Waals surface area contributed by atoms with Gasteiger partial charge in [-0.1, -0.05) is 0 Å². The van der Waals surface area contributed by atoms with Crippen LogP contribution in [0.3, 0.4) is 0 Å². The summed E-state index contributed by atoms with van der Waals surface area (Å²) >= 11 is 0. The van der Waals surface area contributed by atoms with Crippen LogP contribution >= 0.6 is 0 Å². The first kappa shape index (κ1) is 28.9. The van der Waals surface area contributed by atoms with Crippen LogP contribution in [0.4, 0.5) is 5.69 Å². The third kappa shape index (κ3) is 7.45. The van der Waals surface area contributed by atoms with Crippen LogP contribution in [-0.2, 0) is 30.8 Å². The van der Waals surface area contributed by atoms with Crippen LogP contribution in [0, 0.1) is 0 Å². The quantitative estimate of drug-likeness (QED) is 0.411. The van der Waals surface area contributed by atoms with Gasteiger partial charge in [0.1, 0.15) is 17.5 Å². The van der Waals surface area contributed by atoms with E-state index in [4.69, 9.17) is 9.47 Å². The molecule has 0 aromatic heterocycles. The van der Waals surface area contributed by atoms with Gasteiger partial charge in [-0.15, -0.1) is 0 Å². The third-order valence-corrected chi connectivity index (χ3v) is 8.13. The summed E-state index contributed by atoms with van der Waals surface area (Å²) < 4.78 is 38.2. The van der Waals surface area contributed by atoms with Gasteiger partial charge >= 0.3 is 0 Å². The molecule has 1 fully saturated rings. The van der Waals surface area contributed by atoms with Crippen molar-refractivity contribution in [2.24, 2.45) is 0 Å². The molecule has 3 amide bonds. The maximum absolute atomic E-state index is 13.2. The second kappa shape index (κ2) is 12.7. The maximum atomic E-state index is 13.2. The monoisotopic (exact) mass is 546 g/mol. The summed E-state index contributed by atoms with van der Waals surface area (Å²) in [6.07, 6.45) is 1.03. The van der Waals surface area contributed by atoms with Gasteiger partial charge in [0, 0.05) is 50.7 Å². The second-order valence-corrected chi connectivity index (χ2v) is 11.0. The van der Waals surface area contributed by atoms with Gasteiger partial charge in [-0.05, 0) is 55.3 Å². The van der Waals surface area contributed by atoms with E-state index in [0.717, 1.165) is 0 Å². The van der Waals surface area contributed by atoms with Crippen LogP contribution in [0.5, 0.6) is 11.5 Å². The van der Waals surface area contributed by atoms with Gasteiger partial charge in [0.25, 0.3) is 0 Å². The Morgan fingerprint density at radius 3 is 2.18 bits per heavy atom. The van der Waals surface area contributed by atoms with Gasteiger partial charge in [0.15, 0.2) is 0 Å². The highest BCUT2D eigenvalue weighted by atomic mass is 32.2. The minimum absolute atomic E-state index is 0.132. The molecule has 1 saturated heterocycles. The van der Waals surface area contributed by atoms with Gasteiger partial charge < -0.3 is 25.4 Å². The van der Waals surface area contributed by atoms with E-state index in [1.165, 1.54) is 44.5 Å². The third-order valence-electron chi connectivity index (χ3n) is 6.22. The lowest BCUT2D eigenvalue weighted by atomic mass is 10.0. The van der Waals surface area contributed by atoms with Crippen LogP contribution in [0.15, 0.2) is 47.4 Å². The number of anilines is 1. The van der Waals surface area contributed by atoms with E-state index in [2.05, 4.69) is 16.0 Å². The fourth-order valence-electron chi connectivity index (χ4n) is 4.32. The number of piperidine rings is 1. The molecule has 12 heteroatoms. The number of hydrogen-bond donors (Lipinski definition) is 3. The molecule has 38 heavy (non-hydrogen) atoms. The SMILES string of the molecule is COc1ccc(OC)c(C[C@@H](NC(C)=O)C(=O)NC2CCN(S(=O)(=O)c3ccc(NC(C)=O)cc3)CC2)c1. The summed E-state index contributed by atoms with van der Waals surface area (Å²) in [6, 6.07) is 10.1. The van der Waals surface area contributed by atoms with Crippen LogP contribution in [0.25, 0.3) is 0 Å². The van der Waals surface area contributed by atoms with Gasteiger partial charge in [-0.2, -0.15) is 4.31 Å². The normalized spacial score (nSPS) is 15.3. The summed E-state index contributed by atoms with van der Waals surface area (Å²) in [7, 11) is -0.657. The average molecular weight is 547 g/mol. The molecule has 2 aromatic rings. The van der Waals surface area contributed by atoms with Crippen molar-refractivity contribution in [2.75, 3.05) is 32.6 Å². The number of amides is 3. The van der Waals surface area contributed by atoms with Crippen molar-refractivity contribution in [2.45, 2.75) is 50.1 Å². The average Bonchev–Trinajstić information content (AvgIpc) is 2.88. The largest absolute Gasteiger partial charge is 0.497 e. The van der Waals surface area contributed by atoms with Crippen molar-refractivity contribution < 1.29 is 32.3 Å². The zero-order valence-electron chi connectivity index (χ0n) is 21.9. The fourth-order valence-corrected chi connectivity index (χ4v) is 5.79. The van der Waals surface area contributed by atoms with E-state index in [1.54, 1.807) is 30.3 Å².